The Bertz CT molecular complexity index is 2740. The first-order chi connectivity index (χ1) is 27.1. The minimum Gasteiger partial charge on any atom is -0.484 e. The molecule has 0 aromatic heterocycles. The normalized spacial score (nSPS) is 11.7. The zero-order valence-electron chi connectivity index (χ0n) is 30.6. The summed E-state index contributed by atoms with van der Waals surface area (Å²) in [7, 11) is 0. The summed E-state index contributed by atoms with van der Waals surface area (Å²) in [6.07, 6.45) is -0.198. The van der Waals surface area contributed by atoms with Crippen molar-refractivity contribution in [2.75, 3.05) is 10.6 Å². The Morgan fingerprint density at radius 2 is 1.02 bits per heavy atom. The molecule has 0 amide bonds. The molecule has 0 fully saturated rings. The summed E-state index contributed by atoms with van der Waals surface area (Å²) in [6, 6.07) is 72.7. The minimum atomic E-state index is -0.198. The number of rotatable bonds is 9. The summed E-state index contributed by atoms with van der Waals surface area (Å²) >= 11 is 0. The van der Waals surface area contributed by atoms with Gasteiger partial charge in [0.25, 0.3) is 0 Å². The minimum absolute atomic E-state index is 0.198. The predicted octanol–water partition coefficient (Wildman–Crippen LogP) is 14.2. The first-order valence-corrected chi connectivity index (χ1v) is 18.8. The van der Waals surface area contributed by atoms with Crippen LogP contribution in [-0.2, 0) is 0 Å². The van der Waals surface area contributed by atoms with Crippen molar-refractivity contribution in [3.05, 3.63) is 212 Å². The number of anilines is 4. The van der Waals surface area contributed by atoms with Crippen LogP contribution in [0.2, 0.25) is 0 Å². The summed E-state index contributed by atoms with van der Waals surface area (Å²) < 4.78 is 6.61. The standard InChI is InChI=1S/C52H40N2O/c1-36(37-27-29-40(30-28-37)38-15-5-2-6-16-38)55-50-34-32-46-47(52(50)53)25-14-26-48(46)54(44-23-13-22-43(35-44)39-17-7-3-8-18-39)49-33-31-41-19-11-12-24-45(41)51(49)42-20-9-4-10-21-42/h2-36H,53H2,1H3. The fourth-order valence-corrected chi connectivity index (χ4v) is 7.70. The average molecular weight is 709 g/mol. The van der Waals surface area contributed by atoms with Gasteiger partial charge in [-0.2, -0.15) is 0 Å². The number of hydrogen-bond acceptors (Lipinski definition) is 3. The van der Waals surface area contributed by atoms with Crippen LogP contribution in [0.25, 0.3) is 54.9 Å². The lowest BCUT2D eigenvalue weighted by atomic mass is 9.94. The monoisotopic (exact) mass is 708 g/mol. The van der Waals surface area contributed by atoms with Crippen LogP contribution in [0.15, 0.2) is 206 Å². The van der Waals surface area contributed by atoms with E-state index in [2.05, 4.69) is 206 Å². The number of fused-ring (bicyclic) bond motifs is 2. The number of nitrogens with zero attached hydrogens (tertiary/aromatic N) is 1. The summed E-state index contributed by atoms with van der Waals surface area (Å²) in [5.74, 6) is 0.664. The largest absolute Gasteiger partial charge is 0.484 e. The zero-order valence-corrected chi connectivity index (χ0v) is 30.6. The molecule has 9 rings (SSSR count). The molecule has 0 aliphatic carbocycles. The molecule has 2 N–H and O–H groups in total. The third-order valence-electron chi connectivity index (χ3n) is 10.5. The molecule has 3 nitrogen and oxygen atoms in total. The summed E-state index contributed by atoms with van der Waals surface area (Å²) in [6.45, 7) is 2.07. The van der Waals surface area contributed by atoms with Gasteiger partial charge in [-0.05, 0) is 87.5 Å². The number of nitrogen functional groups attached to an aromatic ring is 1. The van der Waals surface area contributed by atoms with Gasteiger partial charge in [-0.15, -0.1) is 0 Å². The molecule has 0 radical (unpaired) electrons. The molecule has 9 aromatic rings. The van der Waals surface area contributed by atoms with E-state index in [0.717, 1.165) is 44.5 Å². The van der Waals surface area contributed by atoms with E-state index in [9.17, 15) is 0 Å². The summed E-state index contributed by atoms with van der Waals surface area (Å²) in [4.78, 5) is 2.39. The van der Waals surface area contributed by atoms with Gasteiger partial charge in [0.2, 0.25) is 0 Å². The number of benzene rings is 9. The van der Waals surface area contributed by atoms with Crippen LogP contribution >= 0.6 is 0 Å². The van der Waals surface area contributed by atoms with E-state index in [0.29, 0.717) is 11.4 Å². The molecule has 1 atom stereocenters. The molecule has 0 bridgehead atoms. The lowest BCUT2D eigenvalue weighted by Crippen LogP contribution is -2.12. The van der Waals surface area contributed by atoms with Crippen LogP contribution < -0.4 is 15.4 Å². The zero-order chi connectivity index (χ0) is 37.1. The van der Waals surface area contributed by atoms with Crippen LogP contribution in [-0.4, -0.2) is 0 Å². The van der Waals surface area contributed by atoms with Crippen molar-refractivity contribution in [2.24, 2.45) is 0 Å². The molecule has 0 saturated heterocycles. The second-order valence-electron chi connectivity index (χ2n) is 13.9. The number of ether oxygens (including phenoxy) is 1. The SMILES string of the molecule is CC(Oc1ccc2c(N(c3cccc(-c4ccccc4)c3)c3ccc4ccccc4c3-c3ccccc3)cccc2c1N)c1ccc(-c2ccccc2)cc1. The first-order valence-electron chi connectivity index (χ1n) is 18.8. The molecule has 3 heteroatoms. The van der Waals surface area contributed by atoms with Gasteiger partial charge in [-0.3, -0.25) is 0 Å². The van der Waals surface area contributed by atoms with Gasteiger partial charge in [0.15, 0.2) is 0 Å². The molecule has 55 heavy (non-hydrogen) atoms. The van der Waals surface area contributed by atoms with Crippen molar-refractivity contribution >= 4 is 44.3 Å². The predicted molar refractivity (Wildman–Crippen MR) is 232 cm³/mol. The summed E-state index contributed by atoms with van der Waals surface area (Å²) in [5, 5.41) is 4.35. The maximum Gasteiger partial charge on any atom is 0.143 e. The third kappa shape index (κ3) is 6.58. The first kappa shape index (κ1) is 33.7. The van der Waals surface area contributed by atoms with Crippen molar-refractivity contribution in [2.45, 2.75) is 13.0 Å². The number of hydrogen-bond donors (Lipinski definition) is 1. The molecule has 264 valence electrons. The highest BCUT2D eigenvalue weighted by molar-refractivity contribution is 6.10. The van der Waals surface area contributed by atoms with E-state index in [1.54, 1.807) is 0 Å². The number of nitrogens with two attached hydrogens (primary N) is 1. The molecular formula is C52H40N2O. The van der Waals surface area contributed by atoms with Crippen molar-refractivity contribution in [1.29, 1.82) is 0 Å². The van der Waals surface area contributed by atoms with E-state index in [4.69, 9.17) is 10.5 Å². The topological polar surface area (TPSA) is 38.5 Å². The summed E-state index contributed by atoms with van der Waals surface area (Å²) in [5.41, 5.74) is 18.9. The van der Waals surface area contributed by atoms with E-state index in [1.807, 2.05) is 12.1 Å². The van der Waals surface area contributed by atoms with Gasteiger partial charge in [0, 0.05) is 22.0 Å². The Balaban J connectivity index is 1.18. The van der Waals surface area contributed by atoms with Crippen molar-refractivity contribution in [3.8, 4) is 39.1 Å². The Morgan fingerprint density at radius 1 is 0.436 bits per heavy atom. The van der Waals surface area contributed by atoms with Crippen LogP contribution in [0, 0.1) is 0 Å². The fourth-order valence-electron chi connectivity index (χ4n) is 7.70. The van der Waals surface area contributed by atoms with Crippen molar-refractivity contribution in [3.63, 3.8) is 0 Å². The van der Waals surface area contributed by atoms with E-state index in [1.165, 1.54) is 33.0 Å². The van der Waals surface area contributed by atoms with Gasteiger partial charge >= 0.3 is 0 Å². The van der Waals surface area contributed by atoms with Gasteiger partial charge in [-0.25, -0.2) is 0 Å². The molecule has 9 aromatic carbocycles. The maximum atomic E-state index is 7.04. The molecule has 0 aliphatic rings. The van der Waals surface area contributed by atoms with Gasteiger partial charge < -0.3 is 15.4 Å². The average Bonchev–Trinajstić information content (AvgIpc) is 3.26. The van der Waals surface area contributed by atoms with Crippen molar-refractivity contribution in [1.82, 2.24) is 0 Å². The lowest BCUT2D eigenvalue weighted by molar-refractivity contribution is 0.228. The van der Waals surface area contributed by atoms with E-state index < -0.39 is 0 Å². The highest BCUT2D eigenvalue weighted by atomic mass is 16.5. The Hall–Kier alpha value is -7.10. The Kier molecular flexibility index (Phi) is 9.03. The quantitative estimate of drug-likeness (QED) is 0.152. The van der Waals surface area contributed by atoms with Crippen LogP contribution in [0.5, 0.6) is 5.75 Å². The maximum absolute atomic E-state index is 7.04. The highest BCUT2D eigenvalue weighted by Crippen LogP contribution is 2.48. The third-order valence-corrected chi connectivity index (χ3v) is 10.5. The van der Waals surface area contributed by atoms with Gasteiger partial charge in [-0.1, -0.05) is 170 Å². The highest BCUT2D eigenvalue weighted by Gasteiger charge is 2.23. The Morgan fingerprint density at radius 3 is 1.75 bits per heavy atom. The molecule has 0 saturated carbocycles. The van der Waals surface area contributed by atoms with Crippen LogP contribution in [0.3, 0.4) is 0 Å². The molecule has 0 heterocycles. The lowest BCUT2D eigenvalue weighted by Gasteiger charge is -2.30. The van der Waals surface area contributed by atoms with Gasteiger partial charge in [0.05, 0.1) is 17.1 Å². The molecule has 0 aliphatic heterocycles. The van der Waals surface area contributed by atoms with Crippen LogP contribution in [0.1, 0.15) is 18.6 Å². The molecule has 1 unspecified atom stereocenters. The van der Waals surface area contributed by atoms with Gasteiger partial charge in [0.1, 0.15) is 11.9 Å². The second kappa shape index (κ2) is 14.7. The smallest absolute Gasteiger partial charge is 0.143 e. The second-order valence-corrected chi connectivity index (χ2v) is 13.9. The Labute approximate surface area is 322 Å². The van der Waals surface area contributed by atoms with E-state index in [-0.39, 0.29) is 6.10 Å². The van der Waals surface area contributed by atoms with Crippen molar-refractivity contribution < 1.29 is 4.74 Å². The van der Waals surface area contributed by atoms with E-state index >= 15 is 0 Å². The van der Waals surface area contributed by atoms with Crippen LogP contribution in [0.4, 0.5) is 22.7 Å². The molecular weight excluding hydrogens is 669 g/mol. The molecule has 0 spiro atoms. The fraction of sp³-hybridized carbons (Fsp3) is 0.0385.